The minimum absolute atomic E-state index is 0.433. The smallest absolute Gasteiger partial charge is 0.248 e. The van der Waals surface area contributed by atoms with Gasteiger partial charge in [0.1, 0.15) is 0 Å². The van der Waals surface area contributed by atoms with Crippen LogP contribution < -0.4 is 16.8 Å². The molecule has 1 aromatic rings. The van der Waals surface area contributed by atoms with E-state index < -0.39 is 5.91 Å². The summed E-state index contributed by atoms with van der Waals surface area (Å²) >= 11 is 0. The zero-order valence-corrected chi connectivity index (χ0v) is 12.1. The first kappa shape index (κ1) is 14.7. The summed E-state index contributed by atoms with van der Waals surface area (Å²) in [6, 6.07) is 5.54. The van der Waals surface area contributed by atoms with E-state index in [-0.39, 0.29) is 0 Å². The van der Waals surface area contributed by atoms with Gasteiger partial charge in [0, 0.05) is 18.2 Å². The van der Waals surface area contributed by atoms with Gasteiger partial charge in [0.2, 0.25) is 5.91 Å². The minimum Gasteiger partial charge on any atom is -0.397 e. The Kier molecular flexibility index (Phi) is 4.84. The number of likely N-dealkylation sites (tertiary alicyclic amines) is 1. The van der Waals surface area contributed by atoms with E-state index in [0.29, 0.717) is 17.3 Å². The molecule has 1 aliphatic heterocycles. The number of nitrogen functional groups attached to an aromatic ring is 1. The maximum absolute atomic E-state index is 11.2. The van der Waals surface area contributed by atoms with E-state index in [1.807, 2.05) is 0 Å². The number of amides is 1. The summed E-state index contributed by atoms with van der Waals surface area (Å²) in [6.07, 6.45) is 3.90. The van der Waals surface area contributed by atoms with Crippen LogP contribution in [0.4, 0.5) is 11.4 Å². The Hall–Kier alpha value is -1.75. The average molecular weight is 276 g/mol. The molecule has 5 N–H and O–H groups in total. The number of nitrogens with two attached hydrogens (primary N) is 2. The highest BCUT2D eigenvalue weighted by atomic mass is 16.1. The molecule has 0 aliphatic carbocycles. The number of carbonyl (C=O) groups excluding carboxylic acids is 1. The number of benzene rings is 1. The van der Waals surface area contributed by atoms with Crippen LogP contribution in [0.1, 0.15) is 36.5 Å². The van der Waals surface area contributed by atoms with Crippen molar-refractivity contribution < 1.29 is 4.79 Å². The van der Waals surface area contributed by atoms with Crippen molar-refractivity contribution in [2.75, 3.05) is 30.7 Å². The predicted octanol–water partition coefficient (Wildman–Crippen LogP) is 1.65. The molecule has 2 rings (SSSR count). The highest BCUT2D eigenvalue weighted by Gasteiger charge is 2.16. The van der Waals surface area contributed by atoms with Gasteiger partial charge in [0.05, 0.1) is 11.4 Å². The van der Waals surface area contributed by atoms with Gasteiger partial charge < -0.3 is 16.8 Å². The topological polar surface area (TPSA) is 84.4 Å². The Labute approximate surface area is 120 Å². The lowest BCUT2D eigenvalue weighted by atomic mass is 10.1. The molecule has 1 aromatic carbocycles. The molecule has 5 heteroatoms. The molecule has 0 saturated carbocycles. The first-order valence-electron chi connectivity index (χ1n) is 7.25. The van der Waals surface area contributed by atoms with Gasteiger partial charge in [-0.2, -0.15) is 0 Å². The van der Waals surface area contributed by atoms with Crippen LogP contribution in [0.25, 0.3) is 0 Å². The van der Waals surface area contributed by atoms with Crippen molar-refractivity contribution in [2.24, 2.45) is 5.73 Å². The quantitative estimate of drug-likeness (QED) is 0.714. The first-order valence-corrected chi connectivity index (χ1v) is 7.25. The highest BCUT2D eigenvalue weighted by Crippen LogP contribution is 2.20. The summed E-state index contributed by atoms with van der Waals surface area (Å²) in [6.45, 7) is 5.36. The fourth-order valence-electron chi connectivity index (χ4n) is 2.61. The molecular formula is C15H24N4O. The van der Waals surface area contributed by atoms with Gasteiger partial charge in [-0.15, -0.1) is 0 Å². The molecule has 1 aliphatic rings. The van der Waals surface area contributed by atoms with E-state index in [9.17, 15) is 4.79 Å². The fraction of sp³-hybridized carbons (Fsp3) is 0.533. The lowest BCUT2D eigenvalue weighted by Gasteiger charge is -2.32. The van der Waals surface area contributed by atoms with Gasteiger partial charge in [-0.1, -0.05) is 6.42 Å². The number of hydrogen-bond acceptors (Lipinski definition) is 4. The third kappa shape index (κ3) is 3.63. The van der Waals surface area contributed by atoms with Crippen LogP contribution in [-0.2, 0) is 0 Å². The summed E-state index contributed by atoms with van der Waals surface area (Å²) in [5.74, 6) is -0.433. The third-order valence-corrected chi connectivity index (χ3v) is 3.94. The van der Waals surface area contributed by atoms with Crippen LogP contribution in [0.5, 0.6) is 0 Å². The fourth-order valence-corrected chi connectivity index (χ4v) is 2.61. The number of primary amides is 1. The van der Waals surface area contributed by atoms with Gasteiger partial charge in [0.25, 0.3) is 0 Å². The monoisotopic (exact) mass is 276 g/mol. The molecule has 1 amide bonds. The maximum Gasteiger partial charge on any atom is 0.248 e. The van der Waals surface area contributed by atoms with E-state index in [1.165, 1.54) is 32.4 Å². The molecule has 0 radical (unpaired) electrons. The van der Waals surface area contributed by atoms with Crippen molar-refractivity contribution in [1.29, 1.82) is 0 Å². The number of rotatable bonds is 5. The molecule has 0 aromatic heterocycles. The molecular weight excluding hydrogens is 252 g/mol. The molecule has 1 saturated heterocycles. The molecule has 1 unspecified atom stereocenters. The Morgan fingerprint density at radius 2 is 2.05 bits per heavy atom. The number of anilines is 2. The Balaban J connectivity index is 1.95. The van der Waals surface area contributed by atoms with Crippen molar-refractivity contribution in [3.05, 3.63) is 23.8 Å². The highest BCUT2D eigenvalue weighted by molar-refractivity contribution is 5.94. The molecule has 0 spiro atoms. The van der Waals surface area contributed by atoms with Crippen LogP contribution in [-0.4, -0.2) is 36.5 Å². The first-order chi connectivity index (χ1) is 9.58. The molecule has 5 nitrogen and oxygen atoms in total. The van der Waals surface area contributed by atoms with E-state index in [0.717, 1.165) is 12.2 Å². The maximum atomic E-state index is 11.2. The predicted molar refractivity (Wildman–Crippen MR) is 82.7 cm³/mol. The second-order valence-corrected chi connectivity index (χ2v) is 5.49. The van der Waals surface area contributed by atoms with Crippen LogP contribution >= 0.6 is 0 Å². The van der Waals surface area contributed by atoms with Crippen molar-refractivity contribution in [3.8, 4) is 0 Å². The second kappa shape index (κ2) is 6.61. The molecule has 1 fully saturated rings. The summed E-state index contributed by atoms with van der Waals surface area (Å²) in [5.41, 5.74) is 13.1. The normalized spacial score (nSPS) is 17.6. The Bertz CT molecular complexity index is 469. The van der Waals surface area contributed by atoms with Gasteiger partial charge in [-0.3, -0.25) is 9.69 Å². The van der Waals surface area contributed by atoms with Crippen LogP contribution in [0.2, 0.25) is 0 Å². The van der Waals surface area contributed by atoms with E-state index >= 15 is 0 Å². The van der Waals surface area contributed by atoms with Crippen LogP contribution in [0.3, 0.4) is 0 Å². The largest absolute Gasteiger partial charge is 0.397 e. The number of piperidine rings is 1. The molecule has 1 heterocycles. The van der Waals surface area contributed by atoms with Gasteiger partial charge in [-0.05, 0) is 51.1 Å². The summed E-state index contributed by atoms with van der Waals surface area (Å²) in [5, 5.41) is 3.33. The molecule has 1 atom stereocenters. The molecule has 0 bridgehead atoms. The van der Waals surface area contributed by atoms with Crippen LogP contribution in [0.15, 0.2) is 18.2 Å². The number of hydrogen-bond donors (Lipinski definition) is 3. The number of nitrogens with one attached hydrogen (secondary N) is 1. The van der Waals surface area contributed by atoms with Crippen LogP contribution in [0, 0.1) is 0 Å². The summed E-state index contributed by atoms with van der Waals surface area (Å²) in [4.78, 5) is 13.7. The SMILES string of the molecule is CC(CNc1cc(C(N)=O)ccc1N)N1CCCCC1. The number of carbonyl (C=O) groups is 1. The minimum atomic E-state index is -0.433. The summed E-state index contributed by atoms with van der Waals surface area (Å²) < 4.78 is 0. The zero-order valence-electron chi connectivity index (χ0n) is 12.1. The van der Waals surface area contributed by atoms with Gasteiger partial charge in [0.15, 0.2) is 0 Å². The Morgan fingerprint density at radius 3 is 2.70 bits per heavy atom. The summed E-state index contributed by atoms with van der Waals surface area (Å²) in [7, 11) is 0. The van der Waals surface area contributed by atoms with Crippen molar-refractivity contribution >= 4 is 17.3 Å². The van der Waals surface area contributed by atoms with Crippen molar-refractivity contribution in [3.63, 3.8) is 0 Å². The van der Waals surface area contributed by atoms with E-state index in [4.69, 9.17) is 11.5 Å². The molecule has 20 heavy (non-hydrogen) atoms. The van der Waals surface area contributed by atoms with Crippen molar-refractivity contribution in [1.82, 2.24) is 4.90 Å². The second-order valence-electron chi connectivity index (χ2n) is 5.49. The number of nitrogens with zero attached hydrogens (tertiary/aromatic N) is 1. The Morgan fingerprint density at radius 1 is 1.35 bits per heavy atom. The lowest BCUT2D eigenvalue weighted by Crippen LogP contribution is -2.41. The van der Waals surface area contributed by atoms with Crippen molar-refractivity contribution in [2.45, 2.75) is 32.2 Å². The zero-order chi connectivity index (χ0) is 14.5. The van der Waals surface area contributed by atoms with Gasteiger partial charge in [-0.25, -0.2) is 0 Å². The standard InChI is InChI=1S/C15H24N4O/c1-11(19-7-3-2-4-8-19)10-18-14-9-12(15(17)20)5-6-13(14)16/h5-6,9,11,18H,2-4,7-8,10,16H2,1H3,(H2,17,20). The van der Waals surface area contributed by atoms with E-state index in [2.05, 4.69) is 17.1 Å². The van der Waals surface area contributed by atoms with Gasteiger partial charge >= 0.3 is 0 Å². The third-order valence-electron chi connectivity index (χ3n) is 3.94. The molecule has 110 valence electrons. The lowest BCUT2D eigenvalue weighted by molar-refractivity contribution is 0.100. The average Bonchev–Trinajstić information content (AvgIpc) is 2.46. The van der Waals surface area contributed by atoms with E-state index in [1.54, 1.807) is 18.2 Å².